The molecule has 1 aromatic rings. The summed E-state index contributed by atoms with van der Waals surface area (Å²) in [6.07, 6.45) is 0. The highest BCUT2D eigenvalue weighted by molar-refractivity contribution is 7.89. The van der Waals surface area contributed by atoms with Crippen molar-refractivity contribution in [1.82, 2.24) is 9.21 Å². The van der Waals surface area contributed by atoms with Crippen LogP contribution in [0, 0.1) is 5.82 Å². The summed E-state index contributed by atoms with van der Waals surface area (Å²) in [6, 6.07) is 3.46. The molecule has 0 saturated carbocycles. The molecule has 1 fully saturated rings. The van der Waals surface area contributed by atoms with E-state index in [0.29, 0.717) is 32.7 Å². The predicted octanol–water partition coefficient (Wildman–Crippen LogP) is 0.744. The Hall–Kier alpha value is -0.730. The highest BCUT2D eigenvalue weighted by Crippen LogP contribution is 2.23. The van der Waals surface area contributed by atoms with E-state index in [1.54, 1.807) is 0 Å². The van der Waals surface area contributed by atoms with Gasteiger partial charge in [0.15, 0.2) is 0 Å². The Bertz CT molecular complexity index is 574. The molecule has 8 heteroatoms. The molecule has 0 spiro atoms. The summed E-state index contributed by atoms with van der Waals surface area (Å²) >= 11 is 5.64. The van der Waals surface area contributed by atoms with Gasteiger partial charge < -0.3 is 5.73 Å². The van der Waals surface area contributed by atoms with Crippen LogP contribution in [0.5, 0.6) is 0 Å². The number of hydrogen-bond acceptors (Lipinski definition) is 4. The van der Waals surface area contributed by atoms with E-state index in [0.717, 1.165) is 18.7 Å². The maximum absolute atomic E-state index is 13.1. The summed E-state index contributed by atoms with van der Waals surface area (Å²) in [5, 5.41) is -0.187. The maximum Gasteiger partial charge on any atom is 0.243 e. The van der Waals surface area contributed by atoms with Gasteiger partial charge >= 0.3 is 0 Å². The number of hydrogen-bond donors (Lipinski definition) is 1. The molecule has 1 saturated heterocycles. The molecule has 0 amide bonds. The molecule has 20 heavy (non-hydrogen) atoms. The zero-order valence-corrected chi connectivity index (χ0v) is 12.5. The van der Waals surface area contributed by atoms with Gasteiger partial charge in [0.2, 0.25) is 10.0 Å². The third kappa shape index (κ3) is 3.29. The molecule has 0 aliphatic carbocycles. The summed E-state index contributed by atoms with van der Waals surface area (Å²) < 4.78 is 39.3. The number of sulfonamides is 1. The van der Waals surface area contributed by atoms with Crippen LogP contribution in [0.2, 0.25) is 5.02 Å². The number of rotatable bonds is 4. The molecule has 0 atom stereocenters. The smallest absolute Gasteiger partial charge is 0.243 e. The molecule has 0 unspecified atom stereocenters. The van der Waals surface area contributed by atoms with Crippen LogP contribution in [0.4, 0.5) is 4.39 Å². The first kappa shape index (κ1) is 15.7. The van der Waals surface area contributed by atoms with Crippen molar-refractivity contribution in [3.05, 3.63) is 29.0 Å². The van der Waals surface area contributed by atoms with Crippen LogP contribution in [-0.4, -0.2) is 56.9 Å². The number of halogens is 2. The van der Waals surface area contributed by atoms with Crippen molar-refractivity contribution in [3.63, 3.8) is 0 Å². The predicted molar refractivity (Wildman–Crippen MR) is 75.7 cm³/mol. The van der Waals surface area contributed by atoms with E-state index in [4.69, 9.17) is 17.3 Å². The quantitative estimate of drug-likeness (QED) is 0.888. The van der Waals surface area contributed by atoms with Gasteiger partial charge in [-0.3, -0.25) is 4.90 Å². The molecular weight excluding hydrogens is 305 g/mol. The van der Waals surface area contributed by atoms with Crippen molar-refractivity contribution in [2.45, 2.75) is 4.90 Å². The Balaban J connectivity index is 2.13. The van der Waals surface area contributed by atoms with Crippen molar-refractivity contribution in [1.29, 1.82) is 0 Å². The number of piperazine rings is 1. The topological polar surface area (TPSA) is 66.6 Å². The van der Waals surface area contributed by atoms with E-state index in [-0.39, 0.29) is 9.92 Å². The third-order valence-electron chi connectivity index (χ3n) is 3.31. The van der Waals surface area contributed by atoms with Crippen LogP contribution in [0.3, 0.4) is 0 Å². The Labute approximate surface area is 123 Å². The molecule has 1 heterocycles. The minimum atomic E-state index is -3.62. The lowest BCUT2D eigenvalue weighted by molar-refractivity contribution is 0.192. The Kier molecular flexibility index (Phi) is 4.98. The average Bonchev–Trinajstić information content (AvgIpc) is 2.43. The Morgan fingerprint density at radius 3 is 2.45 bits per heavy atom. The van der Waals surface area contributed by atoms with Crippen LogP contribution >= 0.6 is 11.6 Å². The van der Waals surface area contributed by atoms with Crippen molar-refractivity contribution in [3.8, 4) is 0 Å². The largest absolute Gasteiger partial charge is 0.329 e. The summed E-state index contributed by atoms with van der Waals surface area (Å²) in [5.41, 5.74) is 5.48. The summed E-state index contributed by atoms with van der Waals surface area (Å²) in [4.78, 5) is 2.14. The lowest BCUT2D eigenvalue weighted by Gasteiger charge is -2.33. The van der Waals surface area contributed by atoms with Crippen molar-refractivity contribution in [2.75, 3.05) is 39.3 Å². The molecule has 1 aromatic carbocycles. The second-order valence-corrected chi connectivity index (χ2v) is 6.96. The van der Waals surface area contributed by atoms with E-state index >= 15 is 0 Å². The first-order chi connectivity index (χ1) is 9.45. The molecule has 1 aliphatic rings. The van der Waals surface area contributed by atoms with E-state index < -0.39 is 15.8 Å². The highest BCUT2D eigenvalue weighted by atomic mass is 35.5. The molecule has 2 rings (SSSR count). The monoisotopic (exact) mass is 321 g/mol. The van der Waals surface area contributed by atoms with Crippen LogP contribution in [-0.2, 0) is 10.0 Å². The normalized spacial score (nSPS) is 18.4. The van der Waals surface area contributed by atoms with Gasteiger partial charge in [0.05, 0.1) is 9.92 Å². The average molecular weight is 322 g/mol. The van der Waals surface area contributed by atoms with E-state index in [9.17, 15) is 12.8 Å². The SMILES string of the molecule is NCCN1CCN(S(=O)(=O)c2ccc(F)c(Cl)c2)CC1. The van der Waals surface area contributed by atoms with Gasteiger partial charge in [0, 0.05) is 39.3 Å². The fourth-order valence-corrected chi connectivity index (χ4v) is 3.86. The van der Waals surface area contributed by atoms with Gasteiger partial charge in [-0.25, -0.2) is 12.8 Å². The molecular formula is C12H17ClFN3O2S. The van der Waals surface area contributed by atoms with Crippen LogP contribution < -0.4 is 5.73 Å². The zero-order chi connectivity index (χ0) is 14.8. The van der Waals surface area contributed by atoms with Crippen molar-refractivity contribution >= 4 is 21.6 Å². The Morgan fingerprint density at radius 1 is 1.25 bits per heavy atom. The lowest BCUT2D eigenvalue weighted by atomic mass is 10.3. The molecule has 1 aliphatic heterocycles. The van der Waals surface area contributed by atoms with Gasteiger partial charge in [-0.05, 0) is 18.2 Å². The maximum atomic E-state index is 13.1. The fourth-order valence-electron chi connectivity index (χ4n) is 2.16. The second kappa shape index (κ2) is 6.36. The first-order valence-corrected chi connectivity index (χ1v) is 8.14. The molecule has 5 nitrogen and oxygen atoms in total. The third-order valence-corrected chi connectivity index (χ3v) is 5.49. The van der Waals surface area contributed by atoms with Gasteiger partial charge in [-0.15, -0.1) is 0 Å². The standard InChI is InChI=1S/C12H17ClFN3O2S/c13-11-9-10(1-2-12(11)14)20(18,19)17-7-5-16(4-3-15)6-8-17/h1-2,9H,3-8,15H2. The van der Waals surface area contributed by atoms with Crippen LogP contribution in [0.15, 0.2) is 23.1 Å². The minimum absolute atomic E-state index is 0.0242. The van der Waals surface area contributed by atoms with Gasteiger partial charge in [-0.2, -0.15) is 4.31 Å². The lowest BCUT2D eigenvalue weighted by Crippen LogP contribution is -2.49. The van der Waals surface area contributed by atoms with Crippen molar-refractivity contribution < 1.29 is 12.8 Å². The fraction of sp³-hybridized carbons (Fsp3) is 0.500. The molecule has 0 radical (unpaired) electrons. The van der Waals surface area contributed by atoms with Gasteiger partial charge in [-0.1, -0.05) is 11.6 Å². The number of nitrogens with zero attached hydrogens (tertiary/aromatic N) is 2. The van der Waals surface area contributed by atoms with Crippen molar-refractivity contribution in [2.24, 2.45) is 5.73 Å². The molecule has 0 aromatic heterocycles. The summed E-state index contributed by atoms with van der Waals surface area (Å²) in [5.74, 6) is -0.626. The van der Waals surface area contributed by atoms with Gasteiger partial charge in [0.1, 0.15) is 5.82 Å². The number of benzene rings is 1. The van der Waals surface area contributed by atoms with Crippen LogP contribution in [0.1, 0.15) is 0 Å². The van der Waals surface area contributed by atoms with Crippen LogP contribution in [0.25, 0.3) is 0 Å². The zero-order valence-electron chi connectivity index (χ0n) is 10.9. The summed E-state index contributed by atoms with van der Waals surface area (Å²) in [7, 11) is -3.62. The van der Waals surface area contributed by atoms with E-state index in [1.807, 2.05) is 0 Å². The molecule has 2 N–H and O–H groups in total. The summed E-state index contributed by atoms with van der Waals surface area (Å²) in [6.45, 7) is 3.40. The highest BCUT2D eigenvalue weighted by Gasteiger charge is 2.28. The number of nitrogens with two attached hydrogens (primary N) is 1. The van der Waals surface area contributed by atoms with E-state index in [1.165, 1.54) is 10.4 Å². The second-order valence-electron chi connectivity index (χ2n) is 4.61. The molecule has 0 bridgehead atoms. The Morgan fingerprint density at radius 2 is 1.90 bits per heavy atom. The first-order valence-electron chi connectivity index (χ1n) is 6.33. The van der Waals surface area contributed by atoms with Gasteiger partial charge in [0.25, 0.3) is 0 Å². The molecule has 112 valence electrons. The van der Waals surface area contributed by atoms with E-state index in [2.05, 4.69) is 4.90 Å². The minimum Gasteiger partial charge on any atom is -0.329 e.